The van der Waals surface area contributed by atoms with Gasteiger partial charge in [-0.3, -0.25) is 0 Å². The van der Waals surface area contributed by atoms with E-state index in [4.69, 9.17) is 9.47 Å². The van der Waals surface area contributed by atoms with Crippen molar-refractivity contribution < 1.29 is 19.9 Å². The Hall–Kier alpha value is -1.88. The average Bonchev–Trinajstić information content (AvgIpc) is 2.71. The van der Waals surface area contributed by atoms with Crippen molar-refractivity contribution in [1.82, 2.24) is 0 Å². The highest BCUT2D eigenvalue weighted by Crippen LogP contribution is 2.46. The second-order valence-electron chi connectivity index (χ2n) is 9.02. The van der Waals surface area contributed by atoms with Crippen molar-refractivity contribution in [1.29, 1.82) is 0 Å². The first-order valence-corrected chi connectivity index (χ1v) is 10.7. The molecule has 4 nitrogen and oxygen atoms in total. The third kappa shape index (κ3) is 5.81. The number of hydrogen-bond acceptors (Lipinski definition) is 3. The summed E-state index contributed by atoms with van der Waals surface area (Å²) in [7, 11) is 1.69. The van der Waals surface area contributed by atoms with Crippen molar-refractivity contribution in [3.8, 4) is 5.75 Å². The van der Waals surface area contributed by atoms with Crippen LogP contribution in [0.2, 0.25) is 0 Å². The van der Waals surface area contributed by atoms with E-state index >= 15 is 0 Å². The van der Waals surface area contributed by atoms with Crippen LogP contribution in [-0.2, 0) is 17.7 Å². The van der Waals surface area contributed by atoms with Gasteiger partial charge in [0, 0.05) is 18.1 Å². The Morgan fingerprint density at radius 2 is 1.79 bits per heavy atom. The third-order valence-electron chi connectivity index (χ3n) is 6.35. The Bertz CT molecular complexity index is 744. The van der Waals surface area contributed by atoms with Gasteiger partial charge in [-0.05, 0) is 68.4 Å². The monoisotopic (exact) mass is 398 g/mol. The molecular weight excluding hydrogens is 362 g/mol. The third-order valence-corrected chi connectivity index (χ3v) is 6.35. The Labute approximate surface area is 175 Å². The number of hydrogen-bond donors (Lipinski definition) is 2. The van der Waals surface area contributed by atoms with Gasteiger partial charge in [-0.15, -0.1) is 0 Å². The average molecular weight is 399 g/mol. The molecule has 3 N–H and O–H groups in total. The van der Waals surface area contributed by atoms with Crippen molar-refractivity contribution in [2.24, 2.45) is 11.3 Å². The molecule has 2 aromatic rings. The molecule has 4 heteroatoms. The summed E-state index contributed by atoms with van der Waals surface area (Å²) in [6.07, 6.45) is 2.95. The van der Waals surface area contributed by atoms with Gasteiger partial charge in [0.1, 0.15) is 12.3 Å². The minimum atomic E-state index is -0.156. The van der Waals surface area contributed by atoms with Crippen molar-refractivity contribution in [3.05, 3.63) is 65.7 Å². The van der Waals surface area contributed by atoms with Crippen molar-refractivity contribution in [2.75, 3.05) is 26.9 Å². The molecule has 0 unspecified atom stereocenters. The summed E-state index contributed by atoms with van der Waals surface area (Å²) < 4.78 is 11.3. The Morgan fingerprint density at radius 3 is 2.41 bits per heavy atom. The van der Waals surface area contributed by atoms with Crippen LogP contribution in [0.1, 0.15) is 37.8 Å². The van der Waals surface area contributed by atoms with E-state index in [0.29, 0.717) is 0 Å². The molecule has 0 amide bonds. The molecule has 29 heavy (non-hydrogen) atoms. The first-order valence-electron chi connectivity index (χ1n) is 10.7. The zero-order valence-corrected chi connectivity index (χ0v) is 18.1. The predicted molar refractivity (Wildman–Crippen MR) is 116 cm³/mol. The Morgan fingerprint density at radius 1 is 1.07 bits per heavy atom. The zero-order chi connectivity index (χ0) is 20.7. The van der Waals surface area contributed by atoms with Crippen molar-refractivity contribution in [2.45, 2.75) is 45.3 Å². The van der Waals surface area contributed by atoms with E-state index in [2.05, 4.69) is 61.6 Å². The lowest BCUT2D eigenvalue weighted by Gasteiger charge is -2.48. The molecule has 0 aromatic heterocycles. The number of methoxy groups -OCH3 is 1. The van der Waals surface area contributed by atoms with E-state index in [0.717, 1.165) is 44.7 Å². The Kier molecular flexibility index (Phi) is 7.33. The number of benzene rings is 2. The van der Waals surface area contributed by atoms with E-state index < -0.39 is 0 Å². The zero-order valence-electron chi connectivity index (χ0n) is 18.1. The van der Waals surface area contributed by atoms with Crippen LogP contribution in [0.5, 0.6) is 5.75 Å². The standard InChI is InChI=1S/C25H35NO3/c1-24(2)19-25(13-14-29-24,15-20-7-5-4-6-8-20)22(18-27)17-26-16-21-9-11-23(28-3)12-10-21/h4-12,22,26-27H,13-19H2,1-3H3/p+1/t22-,25+/m1/s1. The van der Waals surface area contributed by atoms with Crippen LogP contribution in [0.25, 0.3) is 0 Å². The van der Waals surface area contributed by atoms with Crippen LogP contribution in [0.15, 0.2) is 54.6 Å². The molecule has 0 saturated carbocycles. The lowest BCUT2D eigenvalue weighted by molar-refractivity contribution is -0.678. The van der Waals surface area contributed by atoms with E-state index in [1.807, 2.05) is 12.1 Å². The molecule has 2 atom stereocenters. The molecule has 1 saturated heterocycles. The number of ether oxygens (including phenoxy) is 2. The van der Waals surface area contributed by atoms with E-state index in [9.17, 15) is 5.11 Å². The van der Waals surface area contributed by atoms with Gasteiger partial charge in [0.05, 0.1) is 25.9 Å². The topological polar surface area (TPSA) is 55.3 Å². The summed E-state index contributed by atoms with van der Waals surface area (Å²) >= 11 is 0. The van der Waals surface area contributed by atoms with Gasteiger partial charge in [-0.25, -0.2) is 0 Å². The van der Waals surface area contributed by atoms with Gasteiger partial charge in [0.25, 0.3) is 0 Å². The molecular formula is C25H36NO3+. The molecule has 0 aliphatic carbocycles. The molecule has 1 heterocycles. The van der Waals surface area contributed by atoms with E-state index in [-0.39, 0.29) is 23.5 Å². The highest BCUT2D eigenvalue weighted by molar-refractivity contribution is 5.26. The fourth-order valence-corrected chi connectivity index (χ4v) is 4.89. The first-order chi connectivity index (χ1) is 14.0. The Balaban J connectivity index is 1.71. The first kappa shape index (κ1) is 21.8. The molecule has 1 aliphatic heterocycles. The lowest BCUT2D eigenvalue weighted by atomic mass is 9.63. The summed E-state index contributed by atoms with van der Waals surface area (Å²) in [5.74, 6) is 1.11. The smallest absolute Gasteiger partial charge is 0.118 e. The maximum atomic E-state index is 10.4. The maximum absolute atomic E-state index is 10.4. The highest BCUT2D eigenvalue weighted by Gasteiger charge is 2.46. The number of aliphatic hydroxyl groups is 1. The number of rotatable bonds is 9. The van der Waals surface area contributed by atoms with Crippen LogP contribution in [0.4, 0.5) is 0 Å². The quantitative estimate of drug-likeness (QED) is 0.682. The summed E-state index contributed by atoms with van der Waals surface area (Å²) in [6, 6.07) is 18.9. The lowest BCUT2D eigenvalue weighted by Crippen LogP contribution is -2.85. The molecule has 1 fully saturated rings. The van der Waals surface area contributed by atoms with Gasteiger partial charge >= 0.3 is 0 Å². The summed E-state index contributed by atoms with van der Waals surface area (Å²) in [4.78, 5) is 0. The van der Waals surface area contributed by atoms with Gasteiger partial charge in [-0.2, -0.15) is 0 Å². The van der Waals surface area contributed by atoms with Gasteiger partial charge < -0.3 is 19.9 Å². The van der Waals surface area contributed by atoms with E-state index in [1.165, 1.54) is 11.1 Å². The van der Waals surface area contributed by atoms with Crippen molar-refractivity contribution >= 4 is 0 Å². The number of quaternary nitrogens is 1. The largest absolute Gasteiger partial charge is 0.497 e. The molecule has 0 spiro atoms. The molecule has 1 aliphatic rings. The minimum Gasteiger partial charge on any atom is -0.497 e. The van der Waals surface area contributed by atoms with E-state index in [1.54, 1.807) is 7.11 Å². The summed E-state index contributed by atoms with van der Waals surface area (Å²) in [5.41, 5.74) is 2.51. The SMILES string of the molecule is COc1ccc(C[NH2+]C[C@H](CO)[C@]2(Cc3ccccc3)CCOC(C)(C)C2)cc1. The second kappa shape index (κ2) is 9.75. The number of aliphatic hydroxyl groups excluding tert-OH is 1. The van der Waals surface area contributed by atoms with Crippen LogP contribution in [0, 0.1) is 11.3 Å². The van der Waals surface area contributed by atoms with Gasteiger partial charge in [0.15, 0.2) is 0 Å². The van der Waals surface area contributed by atoms with Crippen LogP contribution in [0.3, 0.4) is 0 Å². The van der Waals surface area contributed by atoms with Crippen LogP contribution in [-0.4, -0.2) is 37.6 Å². The molecule has 0 radical (unpaired) electrons. The van der Waals surface area contributed by atoms with Crippen LogP contribution >= 0.6 is 0 Å². The molecule has 2 aromatic carbocycles. The summed E-state index contributed by atoms with van der Waals surface area (Å²) in [6.45, 7) is 7.15. The summed E-state index contributed by atoms with van der Waals surface area (Å²) in [5, 5.41) is 12.7. The fraction of sp³-hybridized carbons (Fsp3) is 0.520. The molecule has 0 bridgehead atoms. The molecule has 158 valence electrons. The maximum Gasteiger partial charge on any atom is 0.118 e. The minimum absolute atomic E-state index is 0.0499. The normalized spacial score (nSPS) is 22.2. The fourth-order valence-electron chi connectivity index (χ4n) is 4.89. The van der Waals surface area contributed by atoms with Crippen molar-refractivity contribution in [3.63, 3.8) is 0 Å². The van der Waals surface area contributed by atoms with Gasteiger partial charge in [0.2, 0.25) is 0 Å². The van der Waals surface area contributed by atoms with Gasteiger partial charge in [-0.1, -0.05) is 30.3 Å². The molecule has 3 rings (SSSR count). The predicted octanol–water partition coefficient (Wildman–Crippen LogP) is 3.19. The second-order valence-corrected chi connectivity index (χ2v) is 9.02. The highest BCUT2D eigenvalue weighted by atomic mass is 16.5. The number of nitrogens with two attached hydrogens (primary N) is 1. The van der Waals surface area contributed by atoms with Crippen LogP contribution < -0.4 is 10.1 Å².